The van der Waals surface area contributed by atoms with Crippen LogP contribution in [0.3, 0.4) is 0 Å². The second-order valence-electron chi connectivity index (χ2n) is 7.44. The molecule has 1 amide bonds. The lowest BCUT2D eigenvalue weighted by Crippen LogP contribution is -2.44. The molecule has 3 atom stereocenters. The minimum atomic E-state index is 0.0134. The Morgan fingerprint density at radius 3 is 2.30 bits per heavy atom. The first-order valence-electron chi connectivity index (χ1n) is 8.31. The maximum absolute atomic E-state index is 12.8. The van der Waals surface area contributed by atoms with E-state index in [9.17, 15) is 4.79 Å². The van der Waals surface area contributed by atoms with E-state index < -0.39 is 0 Å². The van der Waals surface area contributed by atoms with Gasteiger partial charge in [0, 0.05) is 6.54 Å². The highest BCUT2D eigenvalue weighted by molar-refractivity contribution is 5.84. The van der Waals surface area contributed by atoms with Gasteiger partial charge in [-0.15, -0.1) is 0 Å². The van der Waals surface area contributed by atoms with Crippen LogP contribution in [0.25, 0.3) is 0 Å². The lowest BCUT2D eigenvalue weighted by Gasteiger charge is -2.36. The molecule has 1 N–H and O–H groups in total. The average Bonchev–Trinajstić information content (AvgIpc) is 2.67. The van der Waals surface area contributed by atoms with Crippen LogP contribution in [0.1, 0.15) is 67.7 Å². The van der Waals surface area contributed by atoms with Crippen LogP contribution in [0, 0.1) is 17.3 Å². The van der Waals surface area contributed by atoms with Gasteiger partial charge < -0.3 is 4.90 Å². The minimum Gasteiger partial charge on any atom is -0.325 e. The molecule has 0 radical (unpaired) electrons. The third kappa shape index (κ3) is 3.75. The van der Waals surface area contributed by atoms with E-state index >= 15 is 0 Å². The van der Waals surface area contributed by atoms with Crippen molar-refractivity contribution in [3.63, 3.8) is 0 Å². The number of amides is 1. The van der Waals surface area contributed by atoms with Crippen molar-refractivity contribution in [2.75, 3.05) is 6.54 Å². The molecule has 1 aliphatic rings. The largest absolute Gasteiger partial charge is 0.325 e. The smallest absolute Gasteiger partial charge is 0.241 e. The molecule has 20 heavy (non-hydrogen) atoms. The molecule has 1 heterocycles. The third-order valence-electron chi connectivity index (χ3n) is 5.21. The van der Waals surface area contributed by atoms with E-state index in [0.29, 0.717) is 17.7 Å². The van der Waals surface area contributed by atoms with Crippen molar-refractivity contribution in [1.29, 1.82) is 0 Å². The number of hydrogen-bond acceptors (Lipinski definition) is 2. The highest BCUT2D eigenvalue weighted by Gasteiger charge is 2.42. The zero-order chi connectivity index (χ0) is 15.5. The van der Waals surface area contributed by atoms with Gasteiger partial charge in [0.05, 0.1) is 12.2 Å². The number of nitrogens with zero attached hydrogens (tertiary/aromatic N) is 1. The Hall–Kier alpha value is -0.570. The van der Waals surface area contributed by atoms with Gasteiger partial charge in [0.15, 0.2) is 0 Å². The molecule has 3 unspecified atom stereocenters. The van der Waals surface area contributed by atoms with Crippen LogP contribution < -0.4 is 5.32 Å². The molecule has 1 aliphatic heterocycles. The fraction of sp³-hybridized carbons (Fsp3) is 0.941. The van der Waals surface area contributed by atoms with Gasteiger partial charge in [0.2, 0.25) is 5.91 Å². The summed E-state index contributed by atoms with van der Waals surface area (Å²) in [5, 5.41) is 3.58. The molecule has 1 saturated heterocycles. The van der Waals surface area contributed by atoms with Gasteiger partial charge in [0.25, 0.3) is 0 Å². The summed E-state index contributed by atoms with van der Waals surface area (Å²) in [7, 11) is 0. The predicted octanol–water partition coefficient (Wildman–Crippen LogP) is 3.64. The zero-order valence-electron chi connectivity index (χ0n) is 14.5. The van der Waals surface area contributed by atoms with Crippen LogP contribution in [0.5, 0.6) is 0 Å². The van der Waals surface area contributed by atoms with Gasteiger partial charge in [0.1, 0.15) is 0 Å². The SMILES string of the molecule is CCCC1NC(C(C)CC)C(=O)N1CC(C)(C)C(C)C. The summed E-state index contributed by atoms with van der Waals surface area (Å²) in [4.78, 5) is 14.9. The molecular formula is C17H34N2O. The normalized spacial score (nSPS) is 25.6. The Labute approximate surface area is 125 Å². The Balaban J connectivity index is 2.87. The van der Waals surface area contributed by atoms with Crippen molar-refractivity contribution in [3.05, 3.63) is 0 Å². The zero-order valence-corrected chi connectivity index (χ0v) is 14.5. The third-order valence-corrected chi connectivity index (χ3v) is 5.21. The first-order chi connectivity index (χ1) is 9.24. The summed E-state index contributed by atoms with van der Waals surface area (Å²) in [6, 6.07) is 0.0134. The fourth-order valence-corrected chi connectivity index (χ4v) is 2.67. The molecular weight excluding hydrogens is 248 g/mol. The molecule has 0 saturated carbocycles. The van der Waals surface area contributed by atoms with Gasteiger partial charge in [-0.1, -0.05) is 61.3 Å². The summed E-state index contributed by atoms with van der Waals surface area (Å²) in [5.74, 6) is 1.29. The van der Waals surface area contributed by atoms with Crippen molar-refractivity contribution in [1.82, 2.24) is 10.2 Å². The van der Waals surface area contributed by atoms with Crippen molar-refractivity contribution >= 4 is 5.91 Å². The molecule has 0 aromatic rings. The fourth-order valence-electron chi connectivity index (χ4n) is 2.67. The lowest BCUT2D eigenvalue weighted by molar-refractivity contribution is -0.132. The Morgan fingerprint density at radius 2 is 1.85 bits per heavy atom. The minimum absolute atomic E-state index is 0.0134. The number of hydrogen-bond donors (Lipinski definition) is 1. The summed E-state index contributed by atoms with van der Waals surface area (Å²) < 4.78 is 0. The second-order valence-corrected chi connectivity index (χ2v) is 7.44. The van der Waals surface area contributed by atoms with Gasteiger partial charge in [-0.3, -0.25) is 10.1 Å². The van der Waals surface area contributed by atoms with Gasteiger partial charge >= 0.3 is 0 Å². The maximum atomic E-state index is 12.8. The van der Waals surface area contributed by atoms with Crippen LogP contribution >= 0.6 is 0 Å². The highest BCUT2D eigenvalue weighted by Crippen LogP contribution is 2.31. The Kier molecular flexibility index (Phi) is 6.06. The second kappa shape index (κ2) is 6.93. The van der Waals surface area contributed by atoms with Gasteiger partial charge in [-0.05, 0) is 23.7 Å². The molecule has 1 rings (SSSR count). The molecule has 0 aromatic heterocycles. The van der Waals surface area contributed by atoms with Crippen LogP contribution in [0.4, 0.5) is 0 Å². The first kappa shape index (κ1) is 17.5. The van der Waals surface area contributed by atoms with E-state index in [2.05, 4.69) is 58.7 Å². The summed E-state index contributed by atoms with van der Waals surface area (Å²) in [6.07, 6.45) is 3.43. The van der Waals surface area contributed by atoms with Crippen molar-refractivity contribution in [3.8, 4) is 0 Å². The quantitative estimate of drug-likeness (QED) is 0.773. The van der Waals surface area contributed by atoms with Crippen molar-refractivity contribution in [2.45, 2.75) is 79.9 Å². The molecule has 3 heteroatoms. The lowest BCUT2D eigenvalue weighted by atomic mass is 9.80. The molecule has 118 valence electrons. The summed E-state index contributed by atoms with van der Waals surface area (Å²) in [6.45, 7) is 16.4. The van der Waals surface area contributed by atoms with E-state index in [1.165, 1.54) is 0 Å². The number of nitrogens with one attached hydrogen (secondary N) is 1. The molecule has 3 nitrogen and oxygen atoms in total. The van der Waals surface area contributed by atoms with E-state index in [0.717, 1.165) is 25.8 Å². The number of carbonyl (C=O) groups excluding carboxylic acids is 1. The molecule has 0 aliphatic carbocycles. The average molecular weight is 282 g/mol. The molecule has 0 bridgehead atoms. The predicted molar refractivity (Wildman–Crippen MR) is 85.4 cm³/mol. The molecule has 0 spiro atoms. The van der Waals surface area contributed by atoms with Crippen LogP contribution in [-0.4, -0.2) is 29.6 Å². The van der Waals surface area contributed by atoms with Gasteiger partial charge in [-0.2, -0.15) is 0 Å². The van der Waals surface area contributed by atoms with Crippen LogP contribution in [0.15, 0.2) is 0 Å². The standard InChI is InChI=1S/C17H34N2O/c1-8-10-14-18-15(13(5)9-2)16(20)19(14)11-17(6,7)12(3)4/h12-15,18H,8-11H2,1-7H3. The summed E-state index contributed by atoms with van der Waals surface area (Å²) in [5.41, 5.74) is 0.160. The van der Waals surface area contributed by atoms with E-state index in [4.69, 9.17) is 0 Å². The summed E-state index contributed by atoms with van der Waals surface area (Å²) >= 11 is 0. The number of carbonyl (C=O) groups is 1. The number of rotatable bonds is 7. The van der Waals surface area contributed by atoms with E-state index in [-0.39, 0.29) is 17.6 Å². The van der Waals surface area contributed by atoms with Crippen LogP contribution in [-0.2, 0) is 4.79 Å². The Bertz CT molecular complexity index is 325. The monoisotopic (exact) mass is 282 g/mol. The van der Waals surface area contributed by atoms with Gasteiger partial charge in [-0.25, -0.2) is 0 Å². The Morgan fingerprint density at radius 1 is 1.25 bits per heavy atom. The maximum Gasteiger partial charge on any atom is 0.241 e. The van der Waals surface area contributed by atoms with E-state index in [1.54, 1.807) is 0 Å². The van der Waals surface area contributed by atoms with Crippen molar-refractivity contribution < 1.29 is 4.79 Å². The van der Waals surface area contributed by atoms with Crippen molar-refractivity contribution in [2.24, 2.45) is 17.3 Å². The molecule has 0 aromatic carbocycles. The topological polar surface area (TPSA) is 32.3 Å². The molecule has 1 fully saturated rings. The first-order valence-corrected chi connectivity index (χ1v) is 8.31. The highest BCUT2D eigenvalue weighted by atomic mass is 16.2. The van der Waals surface area contributed by atoms with Crippen LogP contribution in [0.2, 0.25) is 0 Å². The van der Waals surface area contributed by atoms with E-state index in [1.807, 2.05) is 0 Å².